The Kier molecular flexibility index (Phi) is 7.45. The van der Waals surface area contributed by atoms with Crippen LogP contribution in [0.4, 0.5) is 0 Å². The molecule has 5 rings (SSSR count). The van der Waals surface area contributed by atoms with E-state index in [-0.39, 0.29) is 23.9 Å². The van der Waals surface area contributed by atoms with Crippen LogP contribution < -0.4 is 5.56 Å². The minimum atomic E-state index is -0.250. The molecule has 2 bridgehead atoms. The molecule has 9 nitrogen and oxygen atoms in total. The van der Waals surface area contributed by atoms with Gasteiger partial charge in [-0.2, -0.15) is 5.10 Å². The van der Waals surface area contributed by atoms with E-state index in [0.29, 0.717) is 44.2 Å². The lowest BCUT2D eigenvalue weighted by molar-refractivity contribution is -0.122. The Morgan fingerprint density at radius 2 is 1.97 bits per heavy atom. The Balaban J connectivity index is 0.000000917. The number of hydrogen-bond acceptors (Lipinski definition) is 5. The van der Waals surface area contributed by atoms with Crippen molar-refractivity contribution in [2.75, 3.05) is 27.2 Å². The summed E-state index contributed by atoms with van der Waals surface area (Å²) in [6, 6.07) is 13.8. The molecule has 1 aromatic carbocycles. The molecule has 0 spiro atoms. The zero-order valence-corrected chi connectivity index (χ0v) is 20.1. The van der Waals surface area contributed by atoms with Crippen molar-refractivity contribution in [3.8, 4) is 0 Å². The summed E-state index contributed by atoms with van der Waals surface area (Å²) in [6.07, 6.45) is 4.72. The molecule has 1 fully saturated rings. The number of benzene rings is 1. The van der Waals surface area contributed by atoms with Gasteiger partial charge in [0.25, 0.3) is 17.9 Å². The molecule has 35 heavy (non-hydrogen) atoms. The van der Waals surface area contributed by atoms with Gasteiger partial charge in [-0.05, 0) is 56.3 Å². The largest absolute Gasteiger partial charge is 0.483 e. The van der Waals surface area contributed by atoms with Gasteiger partial charge in [0, 0.05) is 61.3 Å². The van der Waals surface area contributed by atoms with Crippen LogP contribution in [0.25, 0.3) is 0 Å². The molecule has 3 aromatic rings. The van der Waals surface area contributed by atoms with Gasteiger partial charge < -0.3 is 19.5 Å². The molecular weight excluding hydrogens is 446 g/mol. The van der Waals surface area contributed by atoms with Crippen molar-refractivity contribution in [1.82, 2.24) is 24.1 Å². The van der Waals surface area contributed by atoms with E-state index in [0.717, 1.165) is 23.2 Å². The van der Waals surface area contributed by atoms with Gasteiger partial charge in [0.1, 0.15) is 0 Å². The van der Waals surface area contributed by atoms with Gasteiger partial charge in [-0.1, -0.05) is 18.2 Å². The van der Waals surface area contributed by atoms with Crippen LogP contribution in [0.1, 0.15) is 39.5 Å². The fraction of sp³-hybridized carbons (Fsp3) is 0.385. The molecule has 2 aliphatic heterocycles. The van der Waals surface area contributed by atoms with Crippen LogP contribution in [0.3, 0.4) is 0 Å². The molecular formula is C26H31N5O4. The Morgan fingerprint density at radius 1 is 1.17 bits per heavy atom. The number of piperidine rings is 1. The summed E-state index contributed by atoms with van der Waals surface area (Å²) in [5, 5.41) is 11.1. The first-order valence-corrected chi connectivity index (χ1v) is 11.7. The predicted molar refractivity (Wildman–Crippen MR) is 131 cm³/mol. The topological polar surface area (TPSA) is 101 Å². The second-order valence-corrected chi connectivity index (χ2v) is 9.46. The average molecular weight is 478 g/mol. The molecule has 0 saturated carbocycles. The molecule has 0 radical (unpaired) electrons. The number of hydrogen-bond donors (Lipinski definition) is 1. The van der Waals surface area contributed by atoms with E-state index in [4.69, 9.17) is 9.90 Å². The molecule has 9 heteroatoms. The van der Waals surface area contributed by atoms with E-state index in [9.17, 15) is 9.59 Å². The van der Waals surface area contributed by atoms with Gasteiger partial charge >= 0.3 is 0 Å². The van der Waals surface area contributed by atoms with E-state index in [1.165, 1.54) is 0 Å². The molecule has 2 aromatic heterocycles. The predicted octanol–water partition coefficient (Wildman–Crippen LogP) is 2.11. The molecule has 0 unspecified atom stereocenters. The maximum atomic E-state index is 13.4. The highest BCUT2D eigenvalue weighted by Crippen LogP contribution is 2.35. The van der Waals surface area contributed by atoms with Gasteiger partial charge in [-0.15, -0.1) is 0 Å². The summed E-state index contributed by atoms with van der Waals surface area (Å²) in [5.74, 6) is 0.589. The Labute approximate surface area is 204 Å². The fourth-order valence-electron chi connectivity index (χ4n) is 5.18. The summed E-state index contributed by atoms with van der Waals surface area (Å²) in [7, 11) is 3.96. The van der Waals surface area contributed by atoms with E-state index in [1.807, 2.05) is 75.7 Å². The standard InChI is InChI=1S/C25H29N5O2.CH2O2/c1-27(2)16-21-7-8-23-22-12-19(15-30(23)25(21)32)13-28(17-22)24(31)20-6-3-5-18(11-20)14-29-10-4-9-26-29;2-1-3/h3-11,19,22H,12-17H2,1-2H3;1H,(H,2,3)/t19-,22+;/m0./s1. The highest BCUT2D eigenvalue weighted by atomic mass is 16.3. The monoisotopic (exact) mass is 477 g/mol. The average Bonchev–Trinajstić information content (AvgIpc) is 3.34. The summed E-state index contributed by atoms with van der Waals surface area (Å²) in [5.41, 5.74) is 3.80. The number of fused-ring (bicyclic) bond motifs is 4. The Bertz CT molecular complexity index is 1230. The SMILES string of the molecule is CN(C)Cc1ccc2n(c1=O)C[C@H]1C[C@@H]2CN(C(=O)c2cccc(Cn3cccn3)c2)C1.O=CO. The molecule has 2 aliphatic rings. The first-order valence-electron chi connectivity index (χ1n) is 11.7. The van der Waals surface area contributed by atoms with Crippen LogP contribution in [0.15, 0.2) is 59.7 Å². The summed E-state index contributed by atoms with van der Waals surface area (Å²) < 4.78 is 3.82. The maximum absolute atomic E-state index is 13.4. The van der Waals surface area contributed by atoms with Crippen LogP contribution in [-0.2, 0) is 24.4 Å². The number of likely N-dealkylation sites (tertiary alicyclic amines) is 1. The first-order chi connectivity index (χ1) is 16.9. The lowest BCUT2D eigenvalue weighted by Gasteiger charge is -2.43. The van der Waals surface area contributed by atoms with Crippen LogP contribution in [0, 0.1) is 5.92 Å². The summed E-state index contributed by atoms with van der Waals surface area (Å²) in [4.78, 5) is 38.8. The van der Waals surface area contributed by atoms with Crippen molar-refractivity contribution < 1.29 is 14.7 Å². The number of aromatic nitrogens is 3. The van der Waals surface area contributed by atoms with E-state index < -0.39 is 0 Å². The number of nitrogens with zero attached hydrogens (tertiary/aromatic N) is 5. The van der Waals surface area contributed by atoms with Gasteiger partial charge in [0.2, 0.25) is 0 Å². The molecule has 184 valence electrons. The second-order valence-electron chi connectivity index (χ2n) is 9.46. The minimum absolute atomic E-state index is 0.0713. The van der Waals surface area contributed by atoms with Crippen molar-refractivity contribution in [2.24, 2.45) is 5.92 Å². The molecule has 2 atom stereocenters. The molecule has 4 heterocycles. The lowest BCUT2D eigenvalue weighted by atomic mass is 9.82. The van der Waals surface area contributed by atoms with E-state index >= 15 is 0 Å². The van der Waals surface area contributed by atoms with Crippen molar-refractivity contribution in [1.29, 1.82) is 0 Å². The number of carbonyl (C=O) groups is 2. The Hall–Kier alpha value is -3.72. The molecule has 1 N–H and O–H groups in total. The van der Waals surface area contributed by atoms with Gasteiger partial charge in [-0.25, -0.2) is 0 Å². The van der Waals surface area contributed by atoms with Crippen molar-refractivity contribution in [3.63, 3.8) is 0 Å². The maximum Gasteiger partial charge on any atom is 0.290 e. The summed E-state index contributed by atoms with van der Waals surface area (Å²) >= 11 is 0. The zero-order valence-electron chi connectivity index (χ0n) is 20.1. The van der Waals surface area contributed by atoms with Gasteiger partial charge in [-0.3, -0.25) is 19.1 Å². The van der Waals surface area contributed by atoms with Gasteiger partial charge in [0.15, 0.2) is 0 Å². The van der Waals surface area contributed by atoms with E-state index in [1.54, 1.807) is 6.20 Å². The fourth-order valence-corrected chi connectivity index (χ4v) is 5.18. The van der Waals surface area contributed by atoms with Crippen LogP contribution in [0.2, 0.25) is 0 Å². The zero-order chi connectivity index (χ0) is 24.9. The van der Waals surface area contributed by atoms with Crippen LogP contribution >= 0.6 is 0 Å². The lowest BCUT2D eigenvalue weighted by Crippen LogP contribution is -2.49. The molecule has 1 amide bonds. The van der Waals surface area contributed by atoms with Crippen molar-refractivity contribution in [2.45, 2.75) is 32.0 Å². The summed E-state index contributed by atoms with van der Waals surface area (Å²) in [6.45, 7) is 3.08. The first kappa shape index (κ1) is 24.4. The third kappa shape index (κ3) is 5.51. The quantitative estimate of drug-likeness (QED) is 0.565. The second kappa shape index (κ2) is 10.7. The third-order valence-corrected chi connectivity index (χ3v) is 6.53. The Morgan fingerprint density at radius 3 is 2.69 bits per heavy atom. The van der Waals surface area contributed by atoms with Crippen LogP contribution in [-0.4, -0.2) is 68.8 Å². The molecule has 1 saturated heterocycles. The van der Waals surface area contributed by atoms with E-state index in [2.05, 4.69) is 11.2 Å². The number of rotatable bonds is 5. The van der Waals surface area contributed by atoms with Crippen molar-refractivity contribution in [3.05, 3.63) is 87.6 Å². The highest BCUT2D eigenvalue weighted by molar-refractivity contribution is 5.94. The number of carbonyl (C=O) groups excluding carboxylic acids is 1. The smallest absolute Gasteiger partial charge is 0.290 e. The third-order valence-electron chi connectivity index (χ3n) is 6.53. The van der Waals surface area contributed by atoms with Gasteiger partial charge in [0.05, 0.1) is 6.54 Å². The normalized spacial score (nSPS) is 18.4. The highest BCUT2D eigenvalue weighted by Gasteiger charge is 2.36. The molecule has 0 aliphatic carbocycles. The van der Waals surface area contributed by atoms with Crippen molar-refractivity contribution >= 4 is 12.4 Å². The minimum Gasteiger partial charge on any atom is -0.483 e. The number of carboxylic acid groups (broad SMARTS) is 1. The number of pyridine rings is 1. The van der Waals surface area contributed by atoms with Crippen LogP contribution in [0.5, 0.6) is 0 Å². The number of amides is 1.